The van der Waals surface area contributed by atoms with Crippen LogP contribution in [-0.4, -0.2) is 44.5 Å². The van der Waals surface area contributed by atoms with Gasteiger partial charge >= 0.3 is 6.18 Å². The van der Waals surface area contributed by atoms with Gasteiger partial charge in [-0.1, -0.05) is 24.3 Å². The van der Waals surface area contributed by atoms with Gasteiger partial charge in [-0.3, -0.25) is 0 Å². The smallest absolute Gasteiger partial charge is 0.411 e. The Labute approximate surface area is 179 Å². The molecule has 1 aliphatic rings. The Bertz CT molecular complexity index is 787. The molecule has 1 unspecified atom stereocenters. The Kier molecular flexibility index (Phi) is 8.78. The molecule has 0 aliphatic carbocycles. The fraction of sp³-hybridized carbons (Fsp3) is 0.500. The van der Waals surface area contributed by atoms with Crippen molar-refractivity contribution in [3.63, 3.8) is 0 Å². The first-order valence-corrected chi connectivity index (χ1v) is 10.4. The predicted molar refractivity (Wildman–Crippen MR) is 111 cm³/mol. The maximum Gasteiger partial charge on any atom is 0.411 e. The molecule has 3 rings (SSSR count). The molecule has 0 spiro atoms. The number of halogens is 3. The molecule has 6 nitrogen and oxygen atoms in total. The number of benzene rings is 1. The van der Waals surface area contributed by atoms with Crippen molar-refractivity contribution in [1.29, 1.82) is 0 Å². The first kappa shape index (κ1) is 23.1. The highest BCUT2D eigenvalue weighted by molar-refractivity contribution is 5.79. The van der Waals surface area contributed by atoms with E-state index in [9.17, 15) is 13.2 Å². The van der Waals surface area contributed by atoms with E-state index in [1.165, 1.54) is 0 Å². The van der Waals surface area contributed by atoms with Crippen molar-refractivity contribution >= 4 is 5.96 Å². The molecule has 2 aromatic rings. The lowest BCUT2D eigenvalue weighted by molar-refractivity contribution is -0.176. The predicted octanol–water partition coefficient (Wildman–Crippen LogP) is 3.82. The van der Waals surface area contributed by atoms with E-state index in [1.807, 2.05) is 24.3 Å². The normalized spacial score (nSPS) is 17.1. The van der Waals surface area contributed by atoms with Gasteiger partial charge in [0.2, 0.25) is 0 Å². The monoisotopic (exact) mass is 439 g/mol. The van der Waals surface area contributed by atoms with Crippen molar-refractivity contribution in [2.24, 2.45) is 4.99 Å². The molecule has 2 heterocycles. The third-order valence-corrected chi connectivity index (χ3v) is 4.74. The second-order valence-corrected chi connectivity index (χ2v) is 7.36. The van der Waals surface area contributed by atoms with Gasteiger partial charge in [0.05, 0.1) is 25.5 Å². The topological polar surface area (TPSA) is 68.0 Å². The number of nitrogens with one attached hydrogen (secondary N) is 2. The summed E-state index contributed by atoms with van der Waals surface area (Å²) >= 11 is 0. The van der Waals surface area contributed by atoms with Crippen LogP contribution in [0.5, 0.6) is 0 Å². The number of guanidine groups is 1. The van der Waals surface area contributed by atoms with Gasteiger partial charge in [-0.15, -0.1) is 0 Å². The van der Waals surface area contributed by atoms with Gasteiger partial charge in [-0.05, 0) is 36.1 Å². The standard InChI is InChI=1S/C22H28F3N3O3/c23-22(24,25)16-29-15-18-7-5-17(6-8-18)13-27-21(28-14-20-4-2-12-31-20)26-10-9-19-3-1-11-30-19/h1,3,5-8,11,20H,2,4,9-10,12-16H2,(H2,26,27,28). The molecule has 0 bridgehead atoms. The average molecular weight is 439 g/mol. The van der Waals surface area contributed by atoms with E-state index in [1.54, 1.807) is 18.4 Å². The summed E-state index contributed by atoms with van der Waals surface area (Å²) in [4.78, 5) is 4.63. The first-order valence-electron chi connectivity index (χ1n) is 10.4. The molecule has 1 fully saturated rings. The number of furan rings is 1. The fourth-order valence-electron chi connectivity index (χ4n) is 3.14. The maximum absolute atomic E-state index is 12.2. The molecule has 31 heavy (non-hydrogen) atoms. The minimum Gasteiger partial charge on any atom is -0.469 e. The van der Waals surface area contributed by atoms with E-state index < -0.39 is 12.8 Å². The van der Waals surface area contributed by atoms with Crippen molar-refractivity contribution in [3.05, 3.63) is 59.5 Å². The third kappa shape index (κ3) is 9.02. The number of nitrogens with zero attached hydrogens (tertiary/aromatic N) is 1. The maximum atomic E-state index is 12.2. The Morgan fingerprint density at radius 1 is 1.13 bits per heavy atom. The second kappa shape index (κ2) is 11.8. The number of ether oxygens (including phenoxy) is 2. The van der Waals surface area contributed by atoms with Crippen molar-refractivity contribution in [2.75, 3.05) is 26.3 Å². The summed E-state index contributed by atoms with van der Waals surface area (Å²) < 4.78 is 52.2. The summed E-state index contributed by atoms with van der Waals surface area (Å²) in [6.07, 6.45) is 0.367. The Balaban J connectivity index is 1.49. The van der Waals surface area contributed by atoms with Crippen LogP contribution in [0, 0.1) is 0 Å². The van der Waals surface area contributed by atoms with Crippen molar-refractivity contribution in [3.8, 4) is 0 Å². The van der Waals surface area contributed by atoms with Gasteiger partial charge in [0.1, 0.15) is 12.4 Å². The van der Waals surface area contributed by atoms with Crippen molar-refractivity contribution in [2.45, 2.75) is 44.7 Å². The van der Waals surface area contributed by atoms with Crippen LogP contribution in [0.2, 0.25) is 0 Å². The lowest BCUT2D eigenvalue weighted by Gasteiger charge is -2.15. The van der Waals surface area contributed by atoms with E-state index in [0.29, 0.717) is 31.2 Å². The van der Waals surface area contributed by atoms with Crippen molar-refractivity contribution in [1.82, 2.24) is 10.6 Å². The summed E-state index contributed by atoms with van der Waals surface area (Å²) in [5.74, 6) is 1.58. The lowest BCUT2D eigenvalue weighted by Crippen LogP contribution is -2.41. The number of aliphatic imine (C=N–C) groups is 1. The summed E-state index contributed by atoms with van der Waals surface area (Å²) in [6.45, 7) is 1.26. The van der Waals surface area contributed by atoms with Crippen LogP contribution in [0.1, 0.15) is 29.7 Å². The number of rotatable bonds is 10. The SMILES string of the molecule is FC(F)(F)COCc1ccc(CN=C(NCCc2ccco2)NCC2CCCO2)cc1. The van der Waals surface area contributed by atoms with Crippen LogP contribution in [0.3, 0.4) is 0 Å². The molecule has 1 aliphatic heterocycles. The van der Waals surface area contributed by atoms with E-state index in [0.717, 1.165) is 37.2 Å². The van der Waals surface area contributed by atoms with Crippen LogP contribution in [-0.2, 0) is 29.0 Å². The second-order valence-electron chi connectivity index (χ2n) is 7.36. The van der Waals surface area contributed by atoms with E-state index >= 15 is 0 Å². The zero-order valence-corrected chi connectivity index (χ0v) is 17.3. The molecule has 0 amide bonds. The highest BCUT2D eigenvalue weighted by Crippen LogP contribution is 2.16. The number of alkyl halides is 3. The zero-order valence-electron chi connectivity index (χ0n) is 17.3. The fourth-order valence-corrected chi connectivity index (χ4v) is 3.14. The molecule has 1 atom stereocenters. The molecular formula is C22H28F3N3O3. The van der Waals surface area contributed by atoms with E-state index in [4.69, 9.17) is 9.15 Å². The largest absolute Gasteiger partial charge is 0.469 e. The van der Waals surface area contributed by atoms with Crippen LogP contribution < -0.4 is 10.6 Å². The molecule has 1 saturated heterocycles. The highest BCUT2D eigenvalue weighted by Gasteiger charge is 2.27. The highest BCUT2D eigenvalue weighted by atomic mass is 19.4. The van der Waals surface area contributed by atoms with E-state index in [2.05, 4.69) is 20.4 Å². The lowest BCUT2D eigenvalue weighted by atomic mass is 10.1. The van der Waals surface area contributed by atoms with Crippen LogP contribution in [0.25, 0.3) is 0 Å². The minimum atomic E-state index is -4.31. The average Bonchev–Trinajstić information content (AvgIpc) is 3.44. The molecular weight excluding hydrogens is 411 g/mol. The number of hydrogen-bond donors (Lipinski definition) is 2. The molecule has 0 saturated carbocycles. The Hall–Kier alpha value is -2.52. The summed E-state index contributed by atoms with van der Waals surface area (Å²) in [5, 5.41) is 6.62. The van der Waals surface area contributed by atoms with Crippen LogP contribution >= 0.6 is 0 Å². The van der Waals surface area contributed by atoms with Crippen LogP contribution in [0.4, 0.5) is 13.2 Å². The van der Waals surface area contributed by atoms with E-state index in [-0.39, 0.29) is 12.7 Å². The molecule has 0 radical (unpaired) electrons. The molecule has 2 N–H and O–H groups in total. The Morgan fingerprint density at radius 2 is 1.94 bits per heavy atom. The zero-order chi connectivity index (χ0) is 21.9. The van der Waals surface area contributed by atoms with Gasteiger partial charge in [0.15, 0.2) is 5.96 Å². The van der Waals surface area contributed by atoms with Gasteiger partial charge in [0, 0.05) is 26.1 Å². The summed E-state index contributed by atoms with van der Waals surface area (Å²) in [5.41, 5.74) is 1.63. The van der Waals surface area contributed by atoms with Crippen molar-refractivity contribution < 1.29 is 27.1 Å². The van der Waals surface area contributed by atoms with Gasteiger partial charge in [-0.25, -0.2) is 4.99 Å². The number of hydrogen-bond acceptors (Lipinski definition) is 4. The molecule has 1 aromatic carbocycles. The molecule has 1 aromatic heterocycles. The quantitative estimate of drug-likeness (QED) is 0.435. The van der Waals surface area contributed by atoms with Crippen LogP contribution in [0.15, 0.2) is 52.1 Å². The molecule has 9 heteroatoms. The summed E-state index contributed by atoms with van der Waals surface area (Å²) in [6, 6.07) is 11.0. The van der Waals surface area contributed by atoms with Gasteiger partial charge in [-0.2, -0.15) is 13.2 Å². The molecule has 170 valence electrons. The third-order valence-electron chi connectivity index (χ3n) is 4.74. The minimum absolute atomic E-state index is 0.0778. The Morgan fingerprint density at radius 3 is 2.61 bits per heavy atom. The summed E-state index contributed by atoms with van der Waals surface area (Å²) in [7, 11) is 0. The van der Waals surface area contributed by atoms with Gasteiger partial charge < -0.3 is 24.5 Å². The van der Waals surface area contributed by atoms with Gasteiger partial charge in [0.25, 0.3) is 0 Å². The first-order chi connectivity index (χ1) is 15.0.